The molecule has 0 unspecified atom stereocenters. The van der Waals surface area contributed by atoms with E-state index >= 15 is 0 Å². The van der Waals surface area contributed by atoms with Crippen LogP contribution in [0.5, 0.6) is 0 Å². The molecule has 94 valence electrons. The Morgan fingerprint density at radius 2 is 2.17 bits per heavy atom. The van der Waals surface area contributed by atoms with E-state index in [-0.39, 0.29) is 5.91 Å². The summed E-state index contributed by atoms with van der Waals surface area (Å²) in [6.45, 7) is 0.452. The maximum absolute atomic E-state index is 12.2. The number of imidazole rings is 1. The van der Waals surface area contributed by atoms with Gasteiger partial charge in [0.25, 0.3) is 5.91 Å². The lowest BCUT2D eigenvalue weighted by molar-refractivity contribution is 0.0780. The molecule has 1 amide bonds. The maximum Gasteiger partial charge on any atom is 0.255 e. The summed E-state index contributed by atoms with van der Waals surface area (Å²) in [6, 6.07) is 7.04. The Morgan fingerprint density at radius 1 is 1.44 bits per heavy atom. The summed E-state index contributed by atoms with van der Waals surface area (Å²) in [4.78, 5) is 18.0. The number of nitrogens with zero attached hydrogens (tertiary/aromatic N) is 3. The third-order valence-corrected chi connectivity index (χ3v) is 3.08. The van der Waals surface area contributed by atoms with Gasteiger partial charge in [-0.15, -0.1) is 0 Å². The van der Waals surface area contributed by atoms with Crippen LogP contribution in [0.4, 0.5) is 0 Å². The molecule has 1 heterocycles. The SMILES string of the molecule is CN(Cc1nccn1C)C(=O)c1ccccc1Cl. The first-order valence-corrected chi connectivity index (χ1v) is 5.93. The molecular formula is C13H14ClN3O. The van der Waals surface area contributed by atoms with Gasteiger partial charge in [-0.3, -0.25) is 4.79 Å². The first-order valence-electron chi connectivity index (χ1n) is 5.56. The average molecular weight is 264 g/mol. The smallest absolute Gasteiger partial charge is 0.255 e. The van der Waals surface area contributed by atoms with Gasteiger partial charge in [-0.1, -0.05) is 23.7 Å². The van der Waals surface area contributed by atoms with Crippen molar-refractivity contribution in [3.63, 3.8) is 0 Å². The van der Waals surface area contributed by atoms with Crippen LogP contribution in [0, 0.1) is 0 Å². The first kappa shape index (κ1) is 12.6. The van der Waals surface area contributed by atoms with Gasteiger partial charge >= 0.3 is 0 Å². The Kier molecular flexibility index (Phi) is 3.67. The molecule has 0 bridgehead atoms. The molecule has 0 saturated carbocycles. The van der Waals surface area contributed by atoms with Crippen LogP contribution in [0.2, 0.25) is 5.02 Å². The number of carbonyl (C=O) groups is 1. The minimum atomic E-state index is -0.108. The monoisotopic (exact) mass is 263 g/mol. The predicted molar refractivity (Wildman–Crippen MR) is 70.5 cm³/mol. The Hall–Kier alpha value is -1.81. The Bertz CT molecular complexity index is 565. The van der Waals surface area contributed by atoms with E-state index in [1.807, 2.05) is 17.8 Å². The van der Waals surface area contributed by atoms with Gasteiger partial charge < -0.3 is 9.47 Å². The third-order valence-electron chi connectivity index (χ3n) is 2.75. The molecule has 4 nitrogen and oxygen atoms in total. The van der Waals surface area contributed by atoms with E-state index in [0.29, 0.717) is 17.1 Å². The summed E-state index contributed by atoms with van der Waals surface area (Å²) in [7, 11) is 3.64. The standard InChI is InChI=1S/C13H14ClN3O/c1-16-8-7-15-12(16)9-17(2)13(18)10-5-3-4-6-11(10)14/h3-8H,9H2,1-2H3. The minimum absolute atomic E-state index is 0.108. The van der Waals surface area contributed by atoms with Crippen molar-refractivity contribution >= 4 is 17.5 Å². The van der Waals surface area contributed by atoms with Crippen LogP contribution < -0.4 is 0 Å². The van der Waals surface area contributed by atoms with E-state index < -0.39 is 0 Å². The molecule has 0 atom stereocenters. The molecular weight excluding hydrogens is 250 g/mol. The van der Waals surface area contributed by atoms with E-state index in [1.54, 1.807) is 42.4 Å². The summed E-state index contributed by atoms with van der Waals surface area (Å²) in [5.41, 5.74) is 0.510. The number of hydrogen-bond acceptors (Lipinski definition) is 2. The molecule has 0 radical (unpaired) electrons. The fourth-order valence-electron chi connectivity index (χ4n) is 1.67. The highest BCUT2D eigenvalue weighted by Crippen LogP contribution is 2.17. The van der Waals surface area contributed by atoms with Gasteiger partial charge in [-0.25, -0.2) is 4.98 Å². The van der Waals surface area contributed by atoms with E-state index in [0.717, 1.165) is 5.82 Å². The minimum Gasteiger partial charge on any atom is -0.337 e. The van der Waals surface area contributed by atoms with Crippen molar-refractivity contribution in [1.82, 2.24) is 14.5 Å². The second-order valence-corrected chi connectivity index (χ2v) is 4.50. The normalized spacial score (nSPS) is 10.4. The van der Waals surface area contributed by atoms with Crippen LogP contribution in [0.15, 0.2) is 36.7 Å². The molecule has 2 rings (SSSR count). The van der Waals surface area contributed by atoms with Gasteiger partial charge in [0.1, 0.15) is 5.82 Å². The molecule has 5 heteroatoms. The molecule has 18 heavy (non-hydrogen) atoms. The summed E-state index contributed by atoms with van der Waals surface area (Å²) in [5, 5.41) is 0.467. The van der Waals surface area contributed by atoms with E-state index in [1.165, 1.54) is 0 Å². The highest BCUT2D eigenvalue weighted by Gasteiger charge is 2.16. The zero-order chi connectivity index (χ0) is 13.1. The number of hydrogen-bond donors (Lipinski definition) is 0. The molecule has 0 fully saturated rings. The van der Waals surface area contributed by atoms with Crippen LogP contribution >= 0.6 is 11.6 Å². The van der Waals surface area contributed by atoms with Gasteiger partial charge in [0.05, 0.1) is 17.1 Å². The maximum atomic E-state index is 12.2. The average Bonchev–Trinajstić information content (AvgIpc) is 2.75. The fraction of sp³-hybridized carbons (Fsp3) is 0.231. The number of aromatic nitrogens is 2. The van der Waals surface area contributed by atoms with Crippen LogP contribution in [-0.2, 0) is 13.6 Å². The van der Waals surface area contributed by atoms with E-state index in [2.05, 4.69) is 4.98 Å². The van der Waals surface area contributed by atoms with Crippen molar-refractivity contribution < 1.29 is 4.79 Å². The number of halogens is 1. The Balaban J connectivity index is 2.15. The van der Waals surface area contributed by atoms with Gasteiger partial charge in [-0.2, -0.15) is 0 Å². The van der Waals surface area contributed by atoms with Gasteiger partial charge in [0, 0.05) is 26.5 Å². The molecule has 1 aromatic carbocycles. The summed E-state index contributed by atoms with van der Waals surface area (Å²) in [5.74, 6) is 0.724. The first-order chi connectivity index (χ1) is 8.59. The Labute approximate surface area is 111 Å². The zero-order valence-corrected chi connectivity index (χ0v) is 11.1. The summed E-state index contributed by atoms with van der Waals surface area (Å²) >= 11 is 6.01. The van der Waals surface area contributed by atoms with Crippen molar-refractivity contribution in [3.8, 4) is 0 Å². The molecule has 0 aliphatic heterocycles. The summed E-state index contributed by atoms with van der Waals surface area (Å²) in [6.07, 6.45) is 3.56. The highest BCUT2D eigenvalue weighted by molar-refractivity contribution is 6.33. The van der Waals surface area contributed by atoms with E-state index in [9.17, 15) is 4.79 Å². The fourth-order valence-corrected chi connectivity index (χ4v) is 1.89. The molecule has 1 aromatic heterocycles. The predicted octanol–water partition coefficient (Wildman–Crippen LogP) is 2.35. The number of benzene rings is 1. The van der Waals surface area contributed by atoms with E-state index in [4.69, 9.17) is 11.6 Å². The molecule has 0 spiro atoms. The lowest BCUT2D eigenvalue weighted by Crippen LogP contribution is -2.27. The van der Waals surface area contributed by atoms with Crippen molar-refractivity contribution in [1.29, 1.82) is 0 Å². The molecule has 0 aliphatic rings. The van der Waals surface area contributed by atoms with Crippen molar-refractivity contribution in [2.75, 3.05) is 7.05 Å². The van der Waals surface area contributed by atoms with Crippen LogP contribution in [0.25, 0.3) is 0 Å². The van der Waals surface area contributed by atoms with Crippen molar-refractivity contribution in [3.05, 3.63) is 53.1 Å². The quantitative estimate of drug-likeness (QED) is 0.853. The molecule has 0 N–H and O–H groups in total. The van der Waals surface area contributed by atoms with Gasteiger partial charge in [-0.05, 0) is 12.1 Å². The molecule has 0 saturated heterocycles. The lowest BCUT2D eigenvalue weighted by Gasteiger charge is -2.17. The highest BCUT2D eigenvalue weighted by atomic mass is 35.5. The summed E-state index contributed by atoms with van der Waals surface area (Å²) < 4.78 is 1.89. The number of aryl methyl sites for hydroxylation is 1. The molecule has 0 aliphatic carbocycles. The second-order valence-electron chi connectivity index (χ2n) is 4.10. The number of rotatable bonds is 3. The number of carbonyl (C=O) groups excluding carboxylic acids is 1. The topological polar surface area (TPSA) is 38.1 Å². The largest absolute Gasteiger partial charge is 0.337 e. The van der Waals surface area contributed by atoms with Gasteiger partial charge in [0.2, 0.25) is 0 Å². The third kappa shape index (κ3) is 2.54. The van der Waals surface area contributed by atoms with Crippen molar-refractivity contribution in [2.45, 2.75) is 6.54 Å². The second kappa shape index (κ2) is 5.23. The zero-order valence-electron chi connectivity index (χ0n) is 10.3. The Morgan fingerprint density at radius 3 is 2.78 bits per heavy atom. The van der Waals surface area contributed by atoms with Crippen LogP contribution in [-0.4, -0.2) is 27.4 Å². The van der Waals surface area contributed by atoms with Crippen LogP contribution in [0.1, 0.15) is 16.2 Å². The number of amides is 1. The van der Waals surface area contributed by atoms with Gasteiger partial charge in [0.15, 0.2) is 0 Å². The molecule has 2 aromatic rings. The lowest BCUT2D eigenvalue weighted by atomic mass is 10.2. The van der Waals surface area contributed by atoms with Crippen LogP contribution in [0.3, 0.4) is 0 Å². The van der Waals surface area contributed by atoms with Crippen molar-refractivity contribution in [2.24, 2.45) is 7.05 Å².